The van der Waals surface area contributed by atoms with Gasteiger partial charge in [0.2, 0.25) is 0 Å². The molecule has 0 saturated carbocycles. The van der Waals surface area contributed by atoms with Crippen LogP contribution in [0.3, 0.4) is 0 Å². The van der Waals surface area contributed by atoms with E-state index in [2.05, 4.69) is 24.1 Å². The van der Waals surface area contributed by atoms with Crippen LogP contribution in [0.2, 0.25) is 0 Å². The van der Waals surface area contributed by atoms with Crippen molar-refractivity contribution in [2.45, 2.75) is 39.7 Å². The molecular weight excluding hydrogens is 226 g/mol. The lowest BCUT2D eigenvalue weighted by atomic mass is 10.1. The first kappa shape index (κ1) is 14.5. The van der Waals surface area contributed by atoms with E-state index < -0.39 is 0 Å². The average Bonchev–Trinajstić information content (AvgIpc) is 2.40. The number of hydrogen-bond acceptors (Lipinski definition) is 3. The lowest BCUT2D eigenvalue weighted by Gasteiger charge is -2.26. The molecule has 1 aromatic heterocycles. The summed E-state index contributed by atoms with van der Waals surface area (Å²) < 4.78 is 0. The molecule has 0 aliphatic heterocycles. The van der Waals surface area contributed by atoms with Gasteiger partial charge in [0.1, 0.15) is 5.82 Å². The molecule has 4 nitrogen and oxygen atoms in total. The largest absolute Gasteiger partial charge is 0.370 e. The number of aromatic nitrogens is 1. The van der Waals surface area contributed by atoms with E-state index in [9.17, 15) is 4.79 Å². The number of carbonyl (C=O) groups is 1. The number of pyridine rings is 1. The maximum atomic E-state index is 12.3. The van der Waals surface area contributed by atoms with Gasteiger partial charge in [-0.15, -0.1) is 0 Å². The van der Waals surface area contributed by atoms with E-state index in [1.165, 1.54) is 0 Å². The van der Waals surface area contributed by atoms with Crippen LogP contribution < -0.4 is 5.32 Å². The Hall–Kier alpha value is -1.58. The number of amides is 1. The van der Waals surface area contributed by atoms with Gasteiger partial charge in [-0.1, -0.05) is 13.8 Å². The Labute approximate surface area is 109 Å². The van der Waals surface area contributed by atoms with Crippen molar-refractivity contribution in [2.24, 2.45) is 0 Å². The topological polar surface area (TPSA) is 45.2 Å². The molecule has 0 aromatic carbocycles. The maximum Gasteiger partial charge on any atom is 0.254 e. The van der Waals surface area contributed by atoms with Crippen molar-refractivity contribution in [3.05, 3.63) is 23.9 Å². The zero-order valence-corrected chi connectivity index (χ0v) is 11.7. The van der Waals surface area contributed by atoms with Crippen LogP contribution in [-0.4, -0.2) is 35.4 Å². The summed E-state index contributed by atoms with van der Waals surface area (Å²) in [6.07, 6.45) is 3.62. The molecule has 0 unspecified atom stereocenters. The molecular formula is C14H23N3O. The van der Waals surface area contributed by atoms with Crippen molar-refractivity contribution >= 4 is 11.7 Å². The highest BCUT2D eigenvalue weighted by Gasteiger charge is 2.18. The number of carbonyl (C=O) groups excluding carboxylic acids is 1. The minimum atomic E-state index is 0.0604. The fourth-order valence-corrected chi connectivity index (χ4v) is 2.05. The average molecular weight is 249 g/mol. The second-order valence-corrected chi connectivity index (χ2v) is 4.35. The highest BCUT2D eigenvalue weighted by Crippen LogP contribution is 2.13. The van der Waals surface area contributed by atoms with Crippen molar-refractivity contribution < 1.29 is 4.79 Å². The minimum Gasteiger partial charge on any atom is -0.370 e. The fourth-order valence-electron chi connectivity index (χ4n) is 2.05. The van der Waals surface area contributed by atoms with Gasteiger partial charge in [0, 0.05) is 31.4 Å². The van der Waals surface area contributed by atoms with Crippen LogP contribution >= 0.6 is 0 Å². The normalized spacial score (nSPS) is 10.5. The molecule has 0 saturated heterocycles. The summed E-state index contributed by atoms with van der Waals surface area (Å²) in [4.78, 5) is 18.3. The molecule has 1 amide bonds. The molecule has 0 aliphatic carbocycles. The molecule has 1 rings (SSSR count). The molecule has 0 aliphatic rings. The van der Waals surface area contributed by atoms with Crippen LogP contribution in [0.15, 0.2) is 18.3 Å². The van der Waals surface area contributed by atoms with Gasteiger partial charge in [-0.3, -0.25) is 4.79 Å². The lowest BCUT2D eigenvalue weighted by Crippen LogP contribution is -2.36. The van der Waals surface area contributed by atoms with Crippen molar-refractivity contribution in [1.82, 2.24) is 9.88 Å². The van der Waals surface area contributed by atoms with Crippen LogP contribution in [-0.2, 0) is 0 Å². The number of hydrogen-bond donors (Lipinski definition) is 1. The van der Waals surface area contributed by atoms with Crippen LogP contribution in [0.5, 0.6) is 0 Å². The Bertz CT molecular complexity index is 388. The summed E-state index contributed by atoms with van der Waals surface area (Å²) in [6, 6.07) is 3.88. The standard InChI is InChI=1S/C14H23N3O/c1-5-12(6-2)17(4)14(18)11-8-9-16-13(10-11)15-7-3/h8-10,12H,5-7H2,1-4H3,(H,15,16). The molecule has 100 valence electrons. The summed E-state index contributed by atoms with van der Waals surface area (Å²) in [6.45, 7) is 7.02. The number of nitrogens with one attached hydrogen (secondary N) is 1. The second-order valence-electron chi connectivity index (χ2n) is 4.35. The predicted molar refractivity (Wildman–Crippen MR) is 74.9 cm³/mol. The first-order valence-electron chi connectivity index (χ1n) is 6.61. The minimum absolute atomic E-state index is 0.0604. The van der Waals surface area contributed by atoms with Crippen molar-refractivity contribution in [2.75, 3.05) is 18.9 Å². The van der Waals surface area contributed by atoms with E-state index in [0.29, 0.717) is 11.6 Å². The third-order valence-corrected chi connectivity index (χ3v) is 3.18. The van der Waals surface area contributed by atoms with E-state index >= 15 is 0 Å². The highest BCUT2D eigenvalue weighted by molar-refractivity contribution is 5.94. The van der Waals surface area contributed by atoms with Gasteiger partial charge in [0.15, 0.2) is 0 Å². The molecule has 1 heterocycles. The van der Waals surface area contributed by atoms with E-state index in [0.717, 1.165) is 25.2 Å². The Kier molecular flexibility index (Phi) is 5.62. The van der Waals surface area contributed by atoms with Crippen LogP contribution in [0.4, 0.5) is 5.82 Å². The van der Waals surface area contributed by atoms with Crippen molar-refractivity contribution in [3.8, 4) is 0 Å². The maximum absolute atomic E-state index is 12.3. The first-order valence-corrected chi connectivity index (χ1v) is 6.61. The van der Waals surface area contributed by atoms with E-state index in [-0.39, 0.29) is 5.91 Å². The molecule has 1 N–H and O–H groups in total. The molecule has 0 atom stereocenters. The number of anilines is 1. The summed E-state index contributed by atoms with van der Waals surface area (Å²) in [5.74, 6) is 0.812. The van der Waals surface area contributed by atoms with Crippen molar-refractivity contribution in [1.29, 1.82) is 0 Å². The summed E-state index contributed by atoms with van der Waals surface area (Å²) in [7, 11) is 1.87. The number of rotatable bonds is 6. The molecule has 1 aromatic rings. The Balaban J connectivity index is 2.85. The van der Waals surface area contributed by atoms with Crippen molar-refractivity contribution in [3.63, 3.8) is 0 Å². The Morgan fingerprint density at radius 2 is 2.06 bits per heavy atom. The van der Waals surface area contributed by atoms with Gasteiger partial charge in [-0.2, -0.15) is 0 Å². The van der Waals surface area contributed by atoms with Gasteiger partial charge in [-0.05, 0) is 31.9 Å². The van der Waals surface area contributed by atoms with E-state index in [1.54, 1.807) is 12.3 Å². The van der Waals surface area contributed by atoms with Gasteiger partial charge in [0.05, 0.1) is 0 Å². The fraction of sp³-hybridized carbons (Fsp3) is 0.571. The third kappa shape index (κ3) is 3.45. The van der Waals surface area contributed by atoms with Crippen LogP contribution in [0.1, 0.15) is 44.0 Å². The molecule has 0 spiro atoms. The quantitative estimate of drug-likeness (QED) is 0.843. The van der Waals surface area contributed by atoms with E-state index in [1.807, 2.05) is 24.9 Å². The van der Waals surface area contributed by atoms with Gasteiger partial charge >= 0.3 is 0 Å². The molecule has 4 heteroatoms. The Morgan fingerprint density at radius 3 is 2.61 bits per heavy atom. The summed E-state index contributed by atoms with van der Waals surface area (Å²) in [5, 5.41) is 3.12. The van der Waals surface area contributed by atoms with Crippen LogP contribution in [0.25, 0.3) is 0 Å². The molecule has 0 radical (unpaired) electrons. The predicted octanol–water partition coefficient (Wildman–Crippen LogP) is 2.77. The summed E-state index contributed by atoms with van der Waals surface area (Å²) in [5.41, 5.74) is 0.690. The zero-order valence-electron chi connectivity index (χ0n) is 11.7. The SMILES string of the molecule is CCNc1cc(C(=O)N(C)C(CC)CC)ccn1. The smallest absolute Gasteiger partial charge is 0.254 e. The van der Waals surface area contributed by atoms with Gasteiger partial charge < -0.3 is 10.2 Å². The lowest BCUT2D eigenvalue weighted by molar-refractivity contribution is 0.0723. The molecule has 0 fully saturated rings. The third-order valence-electron chi connectivity index (χ3n) is 3.18. The molecule has 0 bridgehead atoms. The van der Waals surface area contributed by atoms with Gasteiger partial charge in [0.25, 0.3) is 5.91 Å². The van der Waals surface area contributed by atoms with E-state index in [4.69, 9.17) is 0 Å². The zero-order chi connectivity index (χ0) is 13.5. The van der Waals surface area contributed by atoms with Gasteiger partial charge in [-0.25, -0.2) is 4.98 Å². The monoisotopic (exact) mass is 249 g/mol. The highest BCUT2D eigenvalue weighted by atomic mass is 16.2. The first-order chi connectivity index (χ1) is 8.63. The summed E-state index contributed by atoms with van der Waals surface area (Å²) >= 11 is 0. The Morgan fingerprint density at radius 1 is 1.39 bits per heavy atom. The van der Waals surface area contributed by atoms with Crippen LogP contribution in [0, 0.1) is 0 Å². The number of nitrogens with zero attached hydrogens (tertiary/aromatic N) is 2. The second kappa shape index (κ2) is 6.99. The molecule has 18 heavy (non-hydrogen) atoms.